The summed E-state index contributed by atoms with van der Waals surface area (Å²) in [7, 11) is 1.30. The Kier molecular flexibility index (Phi) is 6.01. The minimum absolute atomic E-state index is 0.0484. The van der Waals surface area contributed by atoms with Gasteiger partial charge in [0.1, 0.15) is 23.0 Å². The van der Waals surface area contributed by atoms with Crippen molar-refractivity contribution in [3.63, 3.8) is 0 Å². The van der Waals surface area contributed by atoms with Gasteiger partial charge in [0.2, 0.25) is 5.43 Å². The number of halogens is 3. The van der Waals surface area contributed by atoms with Crippen molar-refractivity contribution in [1.82, 2.24) is 9.88 Å². The summed E-state index contributed by atoms with van der Waals surface area (Å²) >= 11 is 0. The summed E-state index contributed by atoms with van der Waals surface area (Å²) in [4.78, 5) is 24.9. The molecule has 1 heterocycles. The number of amides is 1. The molecule has 0 saturated heterocycles. The molecule has 1 aromatic heterocycles. The summed E-state index contributed by atoms with van der Waals surface area (Å²) in [6.07, 6.45) is 2.77. The van der Waals surface area contributed by atoms with E-state index in [0.29, 0.717) is 6.07 Å². The topological polar surface area (TPSA) is 60.3 Å². The number of hydrogen-bond acceptors (Lipinski definition) is 3. The predicted molar refractivity (Wildman–Crippen MR) is 100 cm³/mol. The molecule has 0 unspecified atom stereocenters. The maximum Gasteiger partial charge on any atom is 0.257 e. The number of nitrogens with one attached hydrogen (secondary N) is 1. The number of ether oxygens (including phenoxy) is 1. The highest BCUT2D eigenvalue weighted by atomic mass is 19.1. The summed E-state index contributed by atoms with van der Waals surface area (Å²) in [5.41, 5.74) is 0.0000398. The first-order chi connectivity index (χ1) is 13.9. The van der Waals surface area contributed by atoms with Crippen molar-refractivity contribution in [2.24, 2.45) is 0 Å². The van der Waals surface area contributed by atoms with E-state index in [4.69, 9.17) is 4.74 Å². The number of methoxy groups -OCH3 is 1. The molecule has 2 aromatic carbocycles. The zero-order valence-corrected chi connectivity index (χ0v) is 15.4. The van der Waals surface area contributed by atoms with Gasteiger partial charge in [-0.3, -0.25) is 9.59 Å². The molecule has 0 spiro atoms. The van der Waals surface area contributed by atoms with Crippen molar-refractivity contribution in [3.05, 3.63) is 99.2 Å². The van der Waals surface area contributed by atoms with Crippen molar-refractivity contribution in [3.8, 4) is 5.75 Å². The highest BCUT2D eigenvalue weighted by molar-refractivity contribution is 5.94. The lowest BCUT2D eigenvalue weighted by atomic mass is 10.2. The van der Waals surface area contributed by atoms with Crippen LogP contribution in [0.15, 0.2) is 59.7 Å². The van der Waals surface area contributed by atoms with E-state index in [0.717, 1.165) is 11.6 Å². The van der Waals surface area contributed by atoms with Gasteiger partial charge in [-0.25, -0.2) is 13.2 Å². The lowest BCUT2D eigenvalue weighted by molar-refractivity contribution is 0.0948. The Labute approximate surface area is 164 Å². The van der Waals surface area contributed by atoms with Gasteiger partial charge < -0.3 is 14.6 Å². The average Bonchev–Trinajstić information content (AvgIpc) is 2.70. The monoisotopic (exact) mass is 402 g/mol. The third kappa shape index (κ3) is 4.84. The number of hydrogen-bond donors (Lipinski definition) is 1. The predicted octanol–water partition coefficient (Wildman–Crippen LogP) is 3.25. The number of carbonyl (C=O) groups excluding carboxylic acids is 1. The molecule has 1 N–H and O–H groups in total. The summed E-state index contributed by atoms with van der Waals surface area (Å²) in [5.74, 6) is -2.68. The zero-order valence-electron chi connectivity index (χ0n) is 15.4. The fourth-order valence-electron chi connectivity index (χ4n) is 2.74. The molecule has 0 aliphatic rings. The molecule has 0 bridgehead atoms. The van der Waals surface area contributed by atoms with E-state index in [2.05, 4.69) is 5.32 Å². The normalized spacial score (nSPS) is 10.6. The molecule has 0 radical (unpaired) electrons. The van der Waals surface area contributed by atoms with Crippen LogP contribution in [0.2, 0.25) is 0 Å². The Morgan fingerprint density at radius 1 is 1.03 bits per heavy atom. The first kappa shape index (κ1) is 20.2. The standard InChI is InChI=1S/C21H17F3N2O3/c1-29-19-12-26(10-13-2-5-15(22)6-3-13)11-17(20(19)27)21(28)25-9-14-4-7-16(23)8-18(14)24/h2-8,11-12H,9-10H2,1H3,(H,25,28). The molecule has 3 rings (SSSR count). The third-order valence-corrected chi connectivity index (χ3v) is 4.24. The van der Waals surface area contributed by atoms with E-state index >= 15 is 0 Å². The summed E-state index contributed by atoms with van der Waals surface area (Å²) < 4.78 is 46.4. The molecule has 0 aliphatic carbocycles. The number of nitrogens with zero attached hydrogens (tertiary/aromatic N) is 1. The van der Waals surface area contributed by atoms with Crippen LogP contribution >= 0.6 is 0 Å². The van der Waals surface area contributed by atoms with Crippen LogP contribution in [0.1, 0.15) is 21.5 Å². The third-order valence-electron chi connectivity index (χ3n) is 4.24. The van der Waals surface area contributed by atoms with Gasteiger partial charge in [-0.1, -0.05) is 18.2 Å². The Bertz CT molecular complexity index is 1100. The Hall–Kier alpha value is -3.55. The van der Waals surface area contributed by atoms with Crippen molar-refractivity contribution < 1.29 is 22.7 Å². The number of rotatable bonds is 6. The van der Waals surface area contributed by atoms with Gasteiger partial charge in [0.15, 0.2) is 5.75 Å². The SMILES string of the molecule is COc1cn(Cc2ccc(F)cc2)cc(C(=O)NCc2ccc(F)cc2F)c1=O. The number of benzene rings is 2. The first-order valence-electron chi connectivity index (χ1n) is 8.62. The second-order valence-corrected chi connectivity index (χ2v) is 6.29. The smallest absolute Gasteiger partial charge is 0.257 e. The summed E-state index contributed by atoms with van der Waals surface area (Å²) in [6.45, 7) is 0.0450. The quantitative estimate of drug-likeness (QED) is 0.689. The van der Waals surface area contributed by atoms with E-state index < -0.39 is 23.0 Å². The molecule has 0 fully saturated rings. The Morgan fingerprint density at radius 3 is 2.38 bits per heavy atom. The van der Waals surface area contributed by atoms with E-state index in [1.54, 1.807) is 16.7 Å². The van der Waals surface area contributed by atoms with Gasteiger partial charge in [-0.2, -0.15) is 0 Å². The van der Waals surface area contributed by atoms with Crippen LogP contribution in [0, 0.1) is 17.5 Å². The second-order valence-electron chi connectivity index (χ2n) is 6.29. The van der Waals surface area contributed by atoms with Gasteiger partial charge in [0.25, 0.3) is 5.91 Å². The van der Waals surface area contributed by atoms with Crippen molar-refractivity contribution >= 4 is 5.91 Å². The minimum atomic E-state index is -0.801. The highest BCUT2D eigenvalue weighted by Crippen LogP contribution is 2.12. The largest absolute Gasteiger partial charge is 0.491 e. The molecule has 8 heteroatoms. The average molecular weight is 402 g/mol. The van der Waals surface area contributed by atoms with Gasteiger partial charge in [-0.15, -0.1) is 0 Å². The second kappa shape index (κ2) is 8.64. The first-order valence-corrected chi connectivity index (χ1v) is 8.62. The molecule has 0 aliphatic heterocycles. The van der Waals surface area contributed by atoms with Crippen LogP contribution in [0.5, 0.6) is 5.75 Å². The lowest BCUT2D eigenvalue weighted by Crippen LogP contribution is -2.30. The van der Waals surface area contributed by atoms with Gasteiger partial charge in [0, 0.05) is 30.9 Å². The van der Waals surface area contributed by atoms with Crippen LogP contribution in [0.3, 0.4) is 0 Å². The van der Waals surface area contributed by atoms with Crippen molar-refractivity contribution in [2.45, 2.75) is 13.1 Å². The van der Waals surface area contributed by atoms with E-state index in [9.17, 15) is 22.8 Å². The minimum Gasteiger partial charge on any atom is -0.491 e. The Balaban J connectivity index is 1.83. The molecule has 0 atom stereocenters. The van der Waals surface area contributed by atoms with Crippen LogP contribution in [0.4, 0.5) is 13.2 Å². The number of carbonyl (C=O) groups is 1. The molecule has 3 aromatic rings. The molecular formula is C21H17F3N2O3. The lowest BCUT2D eigenvalue weighted by Gasteiger charge is -2.12. The summed E-state index contributed by atoms with van der Waals surface area (Å²) in [6, 6.07) is 8.77. The van der Waals surface area contributed by atoms with Gasteiger partial charge in [-0.05, 0) is 23.8 Å². The fourth-order valence-corrected chi connectivity index (χ4v) is 2.74. The van der Waals surface area contributed by atoms with Crippen LogP contribution in [-0.4, -0.2) is 17.6 Å². The Morgan fingerprint density at radius 2 is 1.72 bits per heavy atom. The number of aromatic nitrogens is 1. The van der Waals surface area contributed by atoms with E-state index in [-0.39, 0.29) is 35.8 Å². The van der Waals surface area contributed by atoms with Gasteiger partial charge in [0.05, 0.1) is 13.3 Å². The maximum atomic E-state index is 13.7. The molecule has 1 amide bonds. The fraction of sp³-hybridized carbons (Fsp3) is 0.143. The number of pyridine rings is 1. The highest BCUT2D eigenvalue weighted by Gasteiger charge is 2.16. The van der Waals surface area contributed by atoms with Crippen molar-refractivity contribution in [1.29, 1.82) is 0 Å². The maximum absolute atomic E-state index is 13.7. The molecular weight excluding hydrogens is 385 g/mol. The van der Waals surface area contributed by atoms with E-state index in [1.165, 1.54) is 37.7 Å². The van der Waals surface area contributed by atoms with E-state index in [1.807, 2.05) is 0 Å². The zero-order chi connectivity index (χ0) is 21.0. The van der Waals surface area contributed by atoms with Crippen LogP contribution < -0.4 is 15.5 Å². The van der Waals surface area contributed by atoms with Crippen molar-refractivity contribution in [2.75, 3.05) is 7.11 Å². The van der Waals surface area contributed by atoms with Gasteiger partial charge >= 0.3 is 0 Å². The molecule has 29 heavy (non-hydrogen) atoms. The molecule has 5 nitrogen and oxygen atoms in total. The molecule has 0 saturated carbocycles. The van der Waals surface area contributed by atoms with Crippen LogP contribution in [-0.2, 0) is 13.1 Å². The summed E-state index contributed by atoms with van der Waals surface area (Å²) in [5, 5.41) is 2.45. The molecule has 150 valence electrons. The van der Waals surface area contributed by atoms with Crippen LogP contribution in [0.25, 0.3) is 0 Å².